The zero-order chi connectivity index (χ0) is 15.7. The third kappa shape index (κ3) is 2.71. The highest BCUT2D eigenvalue weighted by Crippen LogP contribution is 2.48. The van der Waals surface area contributed by atoms with Gasteiger partial charge in [0.2, 0.25) is 0 Å². The van der Waals surface area contributed by atoms with E-state index >= 15 is 0 Å². The Hall–Kier alpha value is -1.35. The lowest BCUT2D eigenvalue weighted by Crippen LogP contribution is -2.46. The van der Waals surface area contributed by atoms with Crippen LogP contribution in [0.4, 0.5) is 0 Å². The van der Waals surface area contributed by atoms with Gasteiger partial charge >= 0.3 is 5.97 Å². The first-order chi connectivity index (χ1) is 9.86. The fourth-order valence-electron chi connectivity index (χ4n) is 3.53. The molecule has 1 aromatic carbocycles. The van der Waals surface area contributed by atoms with E-state index in [2.05, 4.69) is 19.9 Å². The summed E-state index contributed by atoms with van der Waals surface area (Å²) in [6, 6.07) is 7.95. The Morgan fingerprint density at radius 1 is 1.24 bits per heavy atom. The highest BCUT2D eigenvalue weighted by Gasteiger charge is 2.48. The predicted octanol–water partition coefficient (Wildman–Crippen LogP) is 3.53. The van der Waals surface area contributed by atoms with Crippen molar-refractivity contribution in [1.82, 2.24) is 0 Å². The van der Waals surface area contributed by atoms with Gasteiger partial charge in [0.25, 0.3) is 0 Å². The molecule has 0 heterocycles. The van der Waals surface area contributed by atoms with Crippen LogP contribution in [0.5, 0.6) is 0 Å². The maximum atomic E-state index is 12.3. The number of fused-ring (bicyclic) bond motifs is 1. The van der Waals surface area contributed by atoms with Gasteiger partial charge in [-0.2, -0.15) is 0 Å². The van der Waals surface area contributed by atoms with Crippen LogP contribution in [0.2, 0.25) is 0 Å². The minimum atomic E-state index is -1.12. The Morgan fingerprint density at radius 2 is 1.86 bits per heavy atom. The summed E-state index contributed by atoms with van der Waals surface area (Å²) in [7, 11) is 0. The van der Waals surface area contributed by atoms with Gasteiger partial charge in [0, 0.05) is 0 Å². The van der Waals surface area contributed by atoms with E-state index in [1.54, 1.807) is 6.92 Å². The molecule has 2 atom stereocenters. The SMILES string of the molecule is CCOC(=O)C(CC)C1(O)CCC(C)(C)c2ccccc21. The highest BCUT2D eigenvalue weighted by atomic mass is 16.5. The van der Waals surface area contributed by atoms with E-state index in [0.29, 0.717) is 19.4 Å². The molecule has 0 amide bonds. The minimum Gasteiger partial charge on any atom is -0.466 e. The number of esters is 1. The van der Waals surface area contributed by atoms with Crippen LogP contribution in [-0.2, 0) is 20.5 Å². The van der Waals surface area contributed by atoms with Crippen molar-refractivity contribution in [2.75, 3.05) is 6.61 Å². The predicted molar refractivity (Wildman–Crippen MR) is 83.0 cm³/mol. The maximum absolute atomic E-state index is 12.3. The summed E-state index contributed by atoms with van der Waals surface area (Å²) < 4.78 is 5.18. The van der Waals surface area contributed by atoms with E-state index in [1.807, 2.05) is 25.1 Å². The zero-order valence-electron chi connectivity index (χ0n) is 13.5. The molecule has 0 aromatic heterocycles. The summed E-state index contributed by atoms with van der Waals surface area (Å²) in [5, 5.41) is 11.3. The lowest BCUT2D eigenvalue weighted by atomic mass is 9.63. The number of ether oxygens (including phenoxy) is 1. The number of hydrogen-bond donors (Lipinski definition) is 1. The molecule has 116 valence electrons. The van der Waals surface area contributed by atoms with Crippen molar-refractivity contribution in [3.63, 3.8) is 0 Å². The minimum absolute atomic E-state index is 0.0236. The fraction of sp³-hybridized carbons (Fsp3) is 0.611. The van der Waals surface area contributed by atoms with Crippen LogP contribution in [0, 0.1) is 5.92 Å². The second-order valence-corrected chi connectivity index (χ2v) is 6.57. The van der Waals surface area contributed by atoms with Gasteiger partial charge in [-0.15, -0.1) is 0 Å². The Kier molecular flexibility index (Phi) is 4.43. The van der Waals surface area contributed by atoms with Gasteiger partial charge < -0.3 is 9.84 Å². The Bertz CT molecular complexity index is 521. The molecular formula is C18H26O3. The van der Waals surface area contributed by atoms with Crippen molar-refractivity contribution in [3.05, 3.63) is 35.4 Å². The molecule has 0 saturated carbocycles. The lowest BCUT2D eigenvalue weighted by Gasteiger charge is -2.45. The van der Waals surface area contributed by atoms with Gasteiger partial charge in [0.05, 0.1) is 12.5 Å². The largest absolute Gasteiger partial charge is 0.466 e. The van der Waals surface area contributed by atoms with Gasteiger partial charge in [-0.25, -0.2) is 0 Å². The maximum Gasteiger partial charge on any atom is 0.312 e. The highest BCUT2D eigenvalue weighted by molar-refractivity contribution is 5.74. The molecule has 0 spiro atoms. The number of hydrogen-bond acceptors (Lipinski definition) is 3. The summed E-state index contributed by atoms with van der Waals surface area (Å²) in [6.07, 6.45) is 2.02. The first-order valence-corrected chi connectivity index (χ1v) is 7.85. The van der Waals surface area contributed by atoms with Crippen molar-refractivity contribution in [1.29, 1.82) is 0 Å². The molecule has 21 heavy (non-hydrogen) atoms. The summed E-state index contributed by atoms with van der Waals surface area (Å²) >= 11 is 0. The van der Waals surface area contributed by atoms with Crippen molar-refractivity contribution in [3.8, 4) is 0 Å². The van der Waals surface area contributed by atoms with Crippen LogP contribution in [-0.4, -0.2) is 17.7 Å². The summed E-state index contributed by atoms with van der Waals surface area (Å²) in [6.45, 7) is 8.46. The van der Waals surface area contributed by atoms with Gasteiger partial charge in [-0.05, 0) is 42.7 Å². The molecule has 1 aromatic rings. The molecule has 0 radical (unpaired) electrons. The molecule has 3 heteroatoms. The third-order valence-electron chi connectivity index (χ3n) is 4.81. The molecule has 0 fully saturated rings. The Morgan fingerprint density at radius 3 is 2.43 bits per heavy atom. The van der Waals surface area contributed by atoms with E-state index < -0.39 is 11.5 Å². The van der Waals surface area contributed by atoms with Crippen LogP contribution >= 0.6 is 0 Å². The molecule has 1 N–H and O–H groups in total. The molecule has 1 aliphatic rings. The number of benzene rings is 1. The van der Waals surface area contributed by atoms with Crippen molar-refractivity contribution >= 4 is 5.97 Å². The average Bonchev–Trinajstić information content (AvgIpc) is 2.45. The monoisotopic (exact) mass is 290 g/mol. The molecular weight excluding hydrogens is 264 g/mol. The molecule has 0 bridgehead atoms. The molecule has 0 saturated heterocycles. The number of carbonyl (C=O) groups is 1. The zero-order valence-corrected chi connectivity index (χ0v) is 13.5. The quantitative estimate of drug-likeness (QED) is 0.863. The van der Waals surface area contributed by atoms with Crippen LogP contribution in [0.3, 0.4) is 0 Å². The Balaban J connectivity index is 2.49. The number of rotatable bonds is 4. The fourth-order valence-corrected chi connectivity index (χ4v) is 3.53. The van der Waals surface area contributed by atoms with Crippen molar-refractivity contribution in [2.24, 2.45) is 5.92 Å². The van der Waals surface area contributed by atoms with E-state index in [0.717, 1.165) is 17.5 Å². The summed E-state index contributed by atoms with van der Waals surface area (Å²) in [4.78, 5) is 12.3. The number of aliphatic hydroxyl groups is 1. The van der Waals surface area contributed by atoms with E-state index in [-0.39, 0.29) is 11.4 Å². The average molecular weight is 290 g/mol. The standard InChI is InChI=1S/C18H26O3/c1-5-13(16(19)21-6-2)18(20)12-11-17(3,4)14-9-7-8-10-15(14)18/h7-10,13,20H,5-6,11-12H2,1-4H3. The van der Waals surface area contributed by atoms with Crippen LogP contribution in [0.15, 0.2) is 24.3 Å². The first-order valence-electron chi connectivity index (χ1n) is 7.85. The van der Waals surface area contributed by atoms with Gasteiger partial charge in [0.15, 0.2) is 0 Å². The molecule has 2 rings (SSSR count). The Labute approximate surface area is 127 Å². The molecule has 3 nitrogen and oxygen atoms in total. The van der Waals surface area contributed by atoms with Gasteiger partial charge in [-0.1, -0.05) is 45.0 Å². The topological polar surface area (TPSA) is 46.5 Å². The van der Waals surface area contributed by atoms with Crippen molar-refractivity contribution < 1.29 is 14.6 Å². The second kappa shape index (κ2) is 5.80. The van der Waals surface area contributed by atoms with Gasteiger partial charge in [0.1, 0.15) is 5.60 Å². The second-order valence-electron chi connectivity index (χ2n) is 6.57. The smallest absolute Gasteiger partial charge is 0.312 e. The van der Waals surface area contributed by atoms with Crippen LogP contribution in [0.25, 0.3) is 0 Å². The van der Waals surface area contributed by atoms with Crippen molar-refractivity contribution in [2.45, 2.75) is 58.0 Å². The molecule has 0 aliphatic heterocycles. The van der Waals surface area contributed by atoms with Crippen LogP contribution in [0.1, 0.15) is 58.1 Å². The van der Waals surface area contributed by atoms with Gasteiger partial charge in [-0.3, -0.25) is 4.79 Å². The van der Waals surface area contributed by atoms with E-state index in [9.17, 15) is 9.90 Å². The normalized spacial score (nSPS) is 25.0. The van der Waals surface area contributed by atoms with E-state index in [1.165, 1.54) is 0 Å². The molecule has 1 aliphatic carbocycles. The summed E-state index contributed by atoms with van der Waals surface area (Å²) in [5.41, 5.74) is 0.936. The first kappa shape index (κ1) is 16.0. The van der Waals surface area contributed by atoms with E-state index in [4.69, 9.17) is 4.74 Å². The number of carbonyl (C=O) groups excluding carboxylic acids is 1. The lowest BCUT2D eigenvalue weighted by molar-refractivity contribution is -0.161. The van der Waals surface area contributed by atoms with Crippen LogP contribution < -0.4 is 0 Å². The third-order valence-corrected chi connectivity index (χ3v) is 4.81. The molecule has 2 unspecified atom stereocenters. The summed E-state index contributed by atoms with van der Waals surface area (Å²) in [5.74, 6) is -0.799.